The van der Waals surface area contributed by atoms with Gasteiger partial charge in [-0.05, 0) is 11.5 Å². The van der Waals surface area contributed by atoms with Crippen molar-refractivity contribution >= 4 is 97.6 Å². The Morgan fingerprint density at radius 3 is 1.73 bits per heavy atom. The fraction of sp³-hybridized carbons (Fsp3) is 1.00. The van der Waals surface area contributed by atoms with E-state index in [0.29, 0.717) is 15.7 Å². The van der Waals surface area contributed by atoms with Crippen LogP contribution >= 0.6 is 97.6 Å². The fourth-order valence-electron chi connectivity index (χ4n) is 1.46. The lowest BCUT2D eigenvalue weighted by Gasteiger charge is -2.16. The highest BCUT2D eigenvalue weighted by atomic mass is 32.2. The van der Waals surface area contributed by atoms with Gasteiger partial charge in [-0.2, -0.15) is 97.6 Å². The maximum Gasteiger partial charge on any atom is 0.0558 e. The molecule has 0 bridgehead atoms. The molecule has 0 aromatic carbocycles. The molecule has 3 unspecified atom stereocenters. The third kappa shape index (κ3) is 15.0. The lowest BCUT2D eigenvalue weighted by molar-refractivity contribution is 0.301. The topological polar surface area (TPSA) is 20.2 Å². The predicted octanol–water partition coefficient (Wildman–Crippen LogP) is 3.74. The van der Waals surface area contributed by atoms with E-state index in [1.165, 1.54) is 0 Å². The number of thiol groups is 4. The van der Waals surface area contributed by atoms with Gasteiger partial charge in [0, 0.05) is 56.0 Å². The van der Waals surface area contributed by atoms with Crippen LogP contribution in [0.15, 0.2) is 0 Å². The largest absolute Gasteiger partial charge is 0.395 e. The molecule has 0 aliphatic heterocycles. The average Bonchev–Trinajstić information content (AvgIpc) is 2.53. The average molecular weight is 457 g/mol. The lowest BCUT2D eigenvalue weighted by atomic mass is 10.5. The highest BCUT2D eigenvalue weighted by Gasteiger charge is 2.11. The van der Waals surface area contributed by atoms with E-state index in [2.05, 4.69) is 50.5 Å². The Bertz CT molecular complexity index is 212. The molecule has 0 saturated carbocycles. The van der Waals surface area contributed by atoms with Crippen molar-refractivity contribution in [1.29, 1.82) is 0 Å². The smallest absolute Gasteiger partial charge is 0.0558 e. The van der Waals surface area contributed by atoms with Crippen LogP contribution in [0.4, 0.5) is 0 Å². The monoisotopic (exact) mass is 456 g/mol. The van der Waals surface area contributed by atoms with Gasteiger partial charge in [0.15, 0.2) is 0 Å². The second-order valence-electron chi connectivity index (χ2n) is 4.53. The number of hydrogen-bond acceptors (Lipinski definition) is 9. The van der Waals surface area contributed by atoms with E-state index in [4.69, 9.17) is 0 Å². The minimum absolute atomic E-state index is 0.253. The number of aliphatic hydroxyl groups is 1. The summed E-state index contributed by atoms with van der Waals surface area (Å²) in [7, 11) is 0. The summed E-state index contributed by atoms with van der Waals surface area (Å²) in [4.78, 5) is 0. The van der Waals surface area contributed by atoms with E-state index >= 15 is 0 Å². The first kappa shape index (κ1) is 24.8. The van der Waals surface area contributed by atoms with E-state index in [0.717, 1.165) is 51.8 Å². The normalized spacial score (nSPS) is 15.7. The first-order valence-corrected chi connectivity index (χ1v) is 14.0. The predicted molar refractivity (Wildman–Crippen MR) is 129 cm³/mol. The van der Waals surface area contributed by atoms with Gasteiger partial charge in [-0.15, -0.1) is 0 Å². The van der Waals surface area contributed by atoms with Crippen molar-refractivity contribution in [3.8, 4) is 0 Å². The van der Waals surface area contributed by atoms with Crippen LogP contribution < -0.4 is 0 Å². The standard InChI is InChI=1S/C13H28OS8/c14-5-12(21-3-1-15)9-19-7-11(18)8-20-10-13(6-17)22-4-2-16/h11-18H,1-10H2. The van der Waals surface area contributed by atoms with Gasteiger partial charge in [0.2, 0.25) is 0 Å². The fourth-order valence-corrected chi connectivity index (χ4v) is 7.74. The van der Waals surface area contributed by atoms with Crippen LogP contribution in [-0.4, -0.2) is 79.2 Å². The van der Waals surface area contributed by atoms with E-state index in [1.54, 1.807) is 0 Å². The summed E-state index contributed by atoms with van der Waals surface area (Å²) in [5, 5.41) is 10.7. The highest BCUT2D eigenvalue weighted by Crippen LogP contribution is 2.22. The molecule has 3 atom stereocenters. The number of hydrogen-bond donors (Lipinski definition) is 5. The van der Waals surface area contributed by atoms with Crippen LogP contribution in [0.5, 0.6) is 0 Å². The molecule has 0 amide bonds. The SMILES string of the molecule is OCC(CSCC(S)CSCC(CS)SCCS)SCCS. The molecule has 1 nitrogen and oxygen atoms in total. The molecule has 0 fully saturated rings. The van der Waals surface area contributed by atoms with E-state index in [9.17, 15) is 5.11 Å². The molecule has 0 heterocycles. The molecule has 134 valence electrons. The second kappa shape index (κ2) is 18.5. The van der Waals surface area contributed by atoms with Crippen molar-refractivity contribution < 1.29 is 5.11 Å². The van der Waals surface area contributed by atoms with Gasteiger partial charge in [-0.1, -0.05) is 0 Å². The maximum absolute atomic E-state index is 9.32. The van der Waals surface area contributed by atoms with Crippen LogP contribution in [0.3, 0.4) is 0 Å². The Kier molecular flexibility index (Phi) is 20.9. The van der Waals surface area contributed by atoms with Gasteiger partial charge >= 0.3 is 0 Å². The molecular formula is C13H28OS8. The van der Waals surface area contributed by atoms with Gasteiger partial charge in [-0.3, -0.25) is 0 Å². The summed E-state index contributed by atoms with van der Waals surface area (Å²) in [6.07, 6.45) is 0. The van der Waals surface area contributed by atoms with Crippen LogP contribution in [-0.2, 0) is 0 Å². The van der Waals surface area contributed by atoms with Crippen molar-refractivity contribution in [3.05, 3.63) is 0 Å². The summed E-state index contributed by atoms with van der Waals surface area (Å²) in [5.74, 6) is 9.09. The molecule has 0 aromatic rings. The van der Waals surface area contributed by atoms with Crippen molar-refractivity contribution in [3.63, 3.8) is 0 Å². The summed E-state index contributed by atoms with van der Waals surface area (Å²) < 4.78 is 0. The Morgan fingerprint density at radius 2 is 1.27 bits per heavy atom. The first-order valence-electron chi connectivity index (χ1n) is 7.18. The number of thioether (sulfide) groups is 4. The molecule has 1 N–H and O–H groups in total. The molecule has 22 heavy (non-hydrogen) atoms. The molecule has 0 radical (unpaired) electrons. The van der Waals surface area contributed by atoms with E-state index < -0.39 is 0 Å². The highest BCUT2D eigenvalue weighted by molar-refractivity contribution is 8.05. The third-order valence-corrected chi connectivity index (χ3v) is 10.6. The molecule has 0 aliphatic carbocycles. The Labute approximate surface area is 175 Å². The Morgan fingerprint density at radius 1 is 0.773 bits per heavy atom. The summed E-state index contributed by atoms with van der Waals surface area (Å²) in [5.41, 5.74) is 0. The van der Waals surface area contributed by atoms with Crippen LogP contribution in [0.1, 0.15) is 0 Å². The minimum Gasteiger partial charge on any atom is -0.395 e. The number of aliphatic hydroxyl groups excluding tert-OH is 1. The molecule has 9 heteroatoms. The molecule has 0 aliphatic rings. The van der Waals surface area contributed by atoms with Gasteiger partial charge in [0.1, 0.15) is 0 Å². The van der Waals surface area contributed by atoms with Crippen LogP contribution in [0, 0.1) is 0 Å². The van der Waals surface area contributed by atoms with E-state index in [-0.39, 0.29) is 6.61 Å². The van der Waals surface area contributed by atoms with Crippen LogP contribution in [0.25, 0.3) is 0 Å². The van der Waals surface area contributed by atoms with E-state index in [1.807, 2.05) is 47.0 Å². The zero-order chi connectivity index (χ0) is 16.6. The van der Waals surface area contributed by atoms with Crippen LogP contribution in [0.2, 0.25) is 0 Å². The lowest BCUT2D eigenvalue weighted by Crippen LogP contribution is -2.16. The Hall–Kier alpha value is 2.76. The van der Waals surface area contributed by atoms with Crippen molar-refractivity contribution in [2.75, 3.05) is 58.4 Å². The van der Waals surface area contributed by atoms with Gasteiger partial charge in [0.25, 0.3) is 0 Å². The zero-order valence-corrected chi connectivity index (χ0v) is 19.5. The third-order valence-electron chi connectivity index (χ3n) is 2.52. The van der Waals surface area contributed by atoms with Crippen molar-refractivity contribution in [2.24, 2.45) is 0 Å². The van der Waals surface area contributed by atoms with Gasteiger partial charge < -0.3 is 5.11 Å². The Balaban J connectivity index is 3.65. The quantitative estimate of drug-likeness (QED) is 0.227. The summed E-state index contributed by atoms with van der Waals surface area (Å²) >= 11 is 25.2. The van der Waals surface area contributed by atoms with Gasteiger partial charge in [0.05, 0.1) is 6.61 Å². The van der Waals surface area contributed by atoms with Crippen molar-refractivity contribution in [1.82, 2.24) is 0 Å². The molecular weight excluding hydrogens is 429 g/mol. The maximum atomic E-state index is 9.32. The van der Waals surface area contributed by atoms with Gasteiger partial charge in [-0.25, -0.2) is 0 Å². The summed E-state index contributed by atoms with van der Waals surface area (Å²) in [6, 6.07) is 0. The van der Waals surface area contributed by atoms with Crippen molar-refractivity contribution in [2.45, 2.75) is 15.7 Å². The molecule has 0 rings (SSSR count). The molecule has 0 spiro atoms. The zero-order valence-electron chi connectivity index (χ0n) is 12.7. The minimum atomic E-state index is 0.253. The number of rotatable bonds is 16. The molecule has 0 saturated heterocycles. The first-order chi connectivity index (χ1) is 10.7. The molecule has 0 aromatic heterocycles. The summed E-state index contributed by atoms with van der Waals surface area (Å²) in [6.45, 7) is 0.253. The second-order valence-corrected chi connectivity index (χ2v) is 11.5.